The summed E-state index contributed by atoms with van der Waals surface area (Å²) in [4.78, 5) is 32.1. The van der Waals surface area contributed by atoms with Crippen LogP contribution in [0.4, 0.5) is 0 Å². The van der Waals surface area contributed by atoms with Gasteiger partial charge >= 0.3 is 5.97 Å². The van der Waals surface area contributed by atoms with Crippen LogP contribution >= 0.6 is 0 Å². The molecule has 0 spiro atoms. The van der Waals surface area contributed by atoms with Crippen molar-refractivity contribution in [2.75, 3.05) is 7.11 Å². The van der Waals surface area contributed by atoms with Gasteiger partial charge in [-0.15, -0.1) is 0 Å². The van der Waals surface area contributed by atoms with Crippen LogP contribution in [0.2, 0.25) is 0 Å². The number of ether oxygens (including phenoxy) is 2. The van der Waals surface area contributed by atoms with E-state index >= 15 is 0 Å². The SMILES string of the molecule is COc1cc2ccccc2cc1C(=O)O[C@@H](C)c1nc2ccccc2c(=O)[nH]1. The third-order valence-electron chi connectivity index (χ3n) is 4.59. The van der Waals surface area contributed by atoms with E-state index in [1.54, 1.807) is 43.3 Å². The number of carbonyl (C=O) groups excluding carboxylic acids is 1. The van der Waals surface area contributed by atoms with Gasteiger partial charge in [0.25, 0.3) is 5.56 Å². The zero-order valence-electron chi connectivity index (χ0n) is 15.4. The molecule has 28 heavy (non-hydrogen) atoms. The first-order chi connectivity index (χ1) is 13.6. The number of nitrogens with zero attached hydrogens (tertiary/aromatic N) is 1. The number of hydrogen-bond donors (Lipinski definition) is 1. The van der Waals surface area contributed by atoms with Crippen LogP contribution in [0.3, 0.4) is 0 Å². The number of esters is 1. The molecular weight excluding hydrogens is 356 g/mol. The summed E-state index contributed by atoms with van der Waals surface area (Å²) in [5, 5.41) is 2.35. The molecule has 4 aromatic rings. The molecule has 6 heteroatoms. The number of para-hydroxylation sites is 1. The molecule has 0 saturated carbocycles. The fourth-order valence-electron chi connectivity index (χ4n) is 3.12. The van der Waals surface area contributed by atoms with Gasteiger partial charge in [-0.2, -0.15) is 0 Å². The van der Waals surface area contributed by atoms with E-state index in [1.807, 2.05) is 24.3 Å². The van der Waals surface area contributed by atoms with Gasteiger partial charge in [0.2, 0.25) is 0 Å². The van der Waals surface area contributed by atoms with Crippen molar-refractivity contribution in [3.63, 3.8) is 0 Å². The molecular formula is C22H18N2O4. The first-order valence-corrected chi connectivity index (χ1v) is 8.83. The van der Waals surface area contributed by atoms with Crippen LogP contribution in [0.15, 0.2) is 65.5 Å². The number of carbonyl (C=O) groups is 1. The Kier molecular flexibility index (Phi) is 4.53. The van der Waals surface area contributed by atoms with Gasteiger partial charge in [-0.05, 0) is 42.0 Å². The van der Waals surface area contributed by atoms with Gasteiger partial charge in [-0.25, -0.2) is 9.78 Å². The smallest absolute Gasteiger partial charge is 0.342 e. The molecule has 0 aliphatic rings. The summed E-state index contributed by atoms with van der Waals surface area (Å²) in [6.45, 7) is 1.67. The van der Waals surface area contributed by atoms with Crippen LogP contribution < -0.4 is 10.3 Å². The second-order valence-corrected chi connectivity index (χ2v) is 6.42. The fraction of sp³-hybridized carbons (Fsp3) is 0.136. The Hall–Kier alpha value is -3.67. The van der Waals surface area contributed by atoms with Crippen molar-refractivity contribution in [1.29, 1.82) is 0 Å². The maximum atomic E-state index is 12.8. The molecule has 1 heterocycles. The first kappa shape index (κ1) is 17.7. The predicted molar refractivity (Wildman–Crippen MR) is 107 cm³/mol. The van der Waals surface area contributed by atoms with Gasteiger partial charge in [-0.1, -0.05) is 36.4 Å². The highest BCUT2D eigenvalue weighted by atomic mass is 16.5. The fourth-order valence-corrected chi connectivity index (χ4v) is 3.12. The summed E-state index contributed by atoms with van der Waals surface area (Å²) in [7, 11) is 1.51. The lowest BCUT2D eigenvalue weighted by Gasteiger charge is -2.15. The number of fused-ring (bicyclic) bond motifs is 2. The third-order valence-corrected chi connectivity index (χ3v) is 4.59. The van der Waals surface area contributed by atoms with Crippen LogP contribution in [0.25, 0.3) is 21.7 Å². The molecule has 0 fully saturated rings. The summed E-state index contributed by atoms with van der Waals surface area (Å²) in [5.74, 6) is 0.165. The minimum atomic E-state index is -0.735. The van der Waals surface area contributed by atoms with Crippen molar-refractivity contribution in [3.05, 3.63) is 82.4 Å². The van der Waals surface area contributed by atoms with Crippen molar-refractivity contribution >= 4 is 27.6 Å². The molecule has 3 aromatic carbocycles. The van der Waals surface area contributed by atoms with Crippen LogP contribution in [-0.4, -0.2) is 23.0 Å². The molecule has 140 valence electrons. The first-order valence-electron chi connectivity index (χ1n) is 8.83. The monoisotopic (exact) mass is 374 g/mol. The van der Waals surface area contributed by atoms with Crippen molar-refractivity contribution in [3.8, 4) is 5.75 Å². The summed E-state index contributed by atoms with van der Waals surface area (Å²) in [5.41, 5.74) is 0.593. The Morgan fingerprint density at radius 3 is 2.46 bits per heavy atom. The van der Waals surface area contributed by atoms with Crippen molar-refractivity contribution < 1.29 is 14.3 Å². The van der Waals surface area contributed by atoms with Gasteiger partial charge < -0.3 is 14.5 Å². The van der Waals surface area contributed by atoms with E-state index < -0.39 is 12.1 Å². The quantitative estimate of drug-likeness (QED) is 0.546. The predicted octanol–water partition coefficient (Wildman–Crippen LogP) is 4.00. The summed E-state index contributed by atoms with van der Waals surface area (Å²) in [6.07, 6.45) is -0.735. The van der Waals surface area contributed by atoms with E-state index in [1.165, 1.54) is 7.11 Å². The highest BCUT2D eigenvalue weighted by Gasteiger charge is 2.20. The molecule has 1 atom stereocenters. The Labute approximate surface area is 160 Å². The zero-order chi connectivity index (χ0) is 19.7. The van der Waals surface area contributed by atoms with Gasteiger partial charge in [0, 0.05) is 0 Å². The van der Waals surface area contributed by atoms with Gasteiger partial charge in [0.15, 0.2) is 11.9 Å². The molecule has 0 bridgehead atoms. The summed E-state index contributed by atoms with van der Waals surface area (Å²) < 4.78 is 10.9. The topological polar surface area (TPSA) is 81.3 Å². The van der Waals surface area contributed by atoms with Crippen molar-refractivity contribution in [1.82, 2.24) is 9.97 Å². The molecule has 1 N–H and O–H groups in total. The maximum Gasteiger partial charge on any atom is 0.342 e. The average molecular weight is 374 g/mol. The molecule has 4 rings (SSSR count). The highest BCUT2D eigenvalue weighted by molar-refractivity contribution is 5.98. The second-order valence-electron chi connectivity index (χ2n) is 6.42. The van der Waals surface area contributed by atoms with E-state index in [2.05, 4.69) is 9.97 Å². The van der Waals surface area contributed by atoms with E-state index in [9.17, 15) is 9.59 Å². The lowest BCUT2D eigenvalue weighted by atomic mass is 10.1. The molecule has 0 unspecified atom stereocenters. The third kappa shape index (κ3) is 3.20. The normalized spacial score (nSPS) is 12.1. The maximum absolute atomic E-state index is 12.8. The molecule has 0 amide bonds. The van der Waals surface area contributed by atoms with Crippen molar-refractivity contribution in [2.45, 2.75) is 13.0 Å². The number of hydrogen-bond acceptors (Lipinski definition) is 5. The highest BCUT2D eigenvalue weighted by Crippen LogP contribution is 2.28. The Morgan fingerprint density at radius 2 is 1.71 bits per heavy atom. The minimum Gasteiger partial charge on any atom is -0.496 e. The molecule has 1 aromatic heterocycles. The average Bonchev–Trinajstić information content (AvgIpc) is 2.72. The number of rotatable bonds is 4. The second kappa shape index (κ2) is 7.15. The Morgan fingerprint density at radius 1 is 1.04 bits per heavy atom. The number of H-pyrrole nitrogens is 1. The van der Waals surface area contributed by atoms with E-state index in [0.29, 0.717) is 22.2 Å². The number of nitrogens with one attached hydrogen (secondary N) is 1. The standard InChI is InChI=1S/C22H18N2O4/c1-13(20-23-18-10-6-5-9-16(18)21(25)24-20)28-22(26)17-11-14-7-3-4-8-15(14)12-19(17)27-2/h3-13H,1-2H3,(H,23,24,25)/t13-/m0/s1. The van der Waals surface area contributed by atoms with Crippen LogP contribution in [0.5, 0.6) is 5.75 Å². The summed E-state index contributed by atoms with van der Waals surface area (Å²) >= 11 is 0. The molecule has 0 aliphatic carbocycles. The summed E-state index contributed by atoms with van der Waals surface area (Å²) in [6, 6.07) is 18.2. The van der Waals surface area contributed by atoms with Crippen LogP contribution in [0, 0.1) is 0 Å². The lowest BCUT2D eigenvalue weighted by molar-refractivity contribution is 0.0316. The Balaban J connectivity index is 1.66. The lowest BCUT2D eigenvalue weighted by Crippen LogP contribution is -2.17. The molecule has 0 aliphatic heterocycles. The van der Waals surface area contributed by atoms with Crippen molar-refractivity contribution in [2.24, 2.45) is 0 Å². The minimum absolute atomic E-state index is 0.271. The largest absolute Gasteiger partial charge is 0.496 e. The number of aromatic nitrogens is 2. The van der Waals surface area contributed by atoms with Gasteiger partial charge in [0.1, 0.15) is 11.3 Å². The van der Waals surface area contributed by atoms with E-state index in [-0.39, 0.29) is 11.4 Å². The molecule has 0 saturated heterocycles. The number of aromatic amines is 1. The van der Waals surface area contributed by atoms with E-state index in [4.69, 9.17) is 9.47 Å². The molecule has 6 nitrogen and oxygen atoms in total. The van der Waals surface area contributed by atoms with Crippen LogP contribution in [0.1, 0.15) is 29.2 Å². The molecule has 0 radical (unpaired) electrons. The van der Waals surface area contributed by atoms with Crippen LogP contribution in [-0.2, 0) is 4.74 Å². The number of methoxy groups -OCH3 is 1. The Bertz CT molecular complexity index is 1250. The zero-order valence-corrected chi connectivity index (χ0v) is 15.4. The van der Waals surface area contributed by atoms with Gasteiger partial charge in [0.05, 0.1) is 18.0 Å². The van der Waals surface area contributed by atoms with Gasteiger partial charge in [-0.3, -0.25) is 4.79 Å². The van der Waals surface area contributed by atoms with E-state index in [0.717, 1.165) is 10.8 Å². The number of benzene rings is 3.